The second-order valence-electron chi connectivity index (χ2n) is 3.77. The summed E-state index contributed by atoms with van der Waals surface area (Å²) < 4.78 is 13.8. The van der Waals surface area contributed by atoms with Crippen molar-refractivity contribution < 1.29 is 4.39 Å². The predicted octanol–water partition coefficient (Wildman–Crippen LogP) is 2.12. The first-order valence-corrected chi connectivity index (χ1v) is 5.35. The minimum Gasteiger partial charge on any atom is -0.305 e. The van der Waals surface area contributed by atoms with Gasteiger partial charge in [-0.25, -0.2) is 14.2 Å². The molecule has 0 atom stereocenters. The molecule has 88 valence electrons. The van der Waals surface area contributed by atoms with E-state index in [4.69, 9.17) is 0 Å². The number of pyridine rings is 1. The summed E-state index contributed by atoms with van der Waals surface area (Å²) in [6.45, 7) is 0. The monoisotopic (exact) mass is 241 g/mol. The highest BCUT2D eigenvalue weighted by Crippen LogP contribution is 2.25. The molecule has 0 radical (unpaired) electrons. The van der Waals surface area contributed by atoms with E-state index in [0.29, 0.717) is 22.3 Å². The molecule has 18 heavy (non-hydrogen) atoms. The highest BCUT2D eigenvalue weighted by atomic mass is 19.1. The lowest BCUT2D eigenvalue weighted by Gasteiger charge is -2.05. The number of nitrogens with zero attached hydrogens (tertiary/aromatic N) is 2. The van der Waals surface area contributed by atoms with Gasteiger partial charge in [-0.1, -0.05) is 12.1 Å². The Morgan fingerprint density at radius 3 is 2.78 bits per heavy atom. The highest BCUT2D eigenvalue weighted by Gasteiger charge is 2.10. The van der Waals surface area contributed by atoms with Gasteiger partial charge in [-0.3, -0.25) is 0 Å². The zero-order valence-electron chi connectivity index (χ0n) is 9.22. The molecule has 3 aromatic rings. The van der Waals surface area contributed by atoms with Crippen LogP contribution in [0.4, 0.5) is 4.39 Å². The van der Waals surface area contributed by atoms with Crippen molar-refractivity contribution in [3.8, 4) is 11.3 Å². The summed E-state index contributed by atoms with van der Waals surface area (Å²) in [7, 11) is 0. The first-order valence-electron chi connectivity index (χ1n) is 5.35. The van der Waals surface area contributed by atoms with Crippen LogP contribution in [0.3, 0.4) is 0 Å². The van der Waals surface area contributed by atoms with Crippen LogP contribution in [-0.4, -0.2) is 15.0 Å². The Kier molecular flexibility index (Phi) is 2.37. The molecule has 3 rings (SSSR count). The molecule has 1 aromatic carbocycles. The van der Waals surface area contributed by atoms with Crippen molar-refractivity contribution in [1.82, 2.24) is 15.0 Å². The summed E-state index contributed by atoms with van der Waals surface area (Å²) in [4.78, 5) is 21.8. The largest absolute Gasteiger partial charge is 0.347 e. The van der Waals surface area contributed by atoms with E-state index < -0.39 is 11.5 Å². The Balaban J connectivity index is 2.42. The molecule has 0 spiro atoms. The molecule has 0 bridgehead atoms. The van der Waals surface area contributed by atoms with Crippen LogP contribution in [0.25, 0.3) is 22.3 Å². The molecule has 0 fully saturated rings. The van der Waals surface area contributed by atoms with Crippen molar-refractivity contribution in [3.63, 3.8) is 0 Å². The van der Waals surface area contributed by atoms with Crippen molar-refractivity contribution >= 4 is 11.0 Å². The number of aromatic nitrogens is 3. The van der Waals surface area contributed by atoms with Gasteiger partial charge in [-0.05, 0) is 24.3 Å². The maximum absolute atomic E-state index is 13.8. The number of halogens is 1. The molecule has 0 aliphatic heterocycles. The minimum atomic E-state index is -0.542. The maximum atomic E-state index is 13.8. The maximum Gasteiger partial charge on any atom is 0.347 e. The smallest absolute Gasteiger partial charge is 0.305 e. The Hall–Kier alpha value is -2.56. The van der Waals surface area contributed by atoms with Crippen LogP contribution in [-0.2, 0) is 0 Å². The van der Waals surface area contributed by atoms with Crippen LogP contribution in [0.1, 0.15) is 0 Å². The van der Waals surface area contributed by atoms with E-state index >= 15 is 0 Å². The van der Waals surface area contributed by atoms with Gasteiger partial charge in [0.05, 0.1) is 5.69 Å². The number of aromatic amines is 1. The molecule has 1 N–H and O–H groups in total. The SMILES string of the molecule is O=c1nc2ncccc2c(-c2ccccc2F)[nH]1. The lowest BCUT2D eigenvalue weighted by molar-refractivity contribution is 0.631. The summed E-state index contributed by atoms with van der Waals surface area (Å²) >= 11 is 0. The van der Waals surface area contributed by atoms with Gasteiger partial charge in [-0.2, -0.15) is 4.98 Å². The number of benzene rings is 1. The fraction of sp³-hybridized carbons (Fsp3) is 0. The van der Waals surface area contributed by atoms with Crippen LogP contribution in [0.2, 0.25) is 0 Å². The molecule has 4 nitrogen and oxygen atoms in total. The molecule has 2 heterocycles. The van der Waals surface area contributed by atoms with Gasteiger partial charge in [-0.15, -0.1) is 0 Å². The Labute approximate surface area is 101 Å². The van der Waals surface area contributed by atoms with Gasteiger partial charge in [0, 0.05) is 17.1 Å². The van der Waals surface area contributed by atoms with Crippen molar-refractivity contribution in [2.24, 2.45) is 0 Å². The normalized spacial score (nSPS) is 10.7. The molecule has 0 amide bonds. The molecular formula is C13H8FN3O. The summed E-state index contributed by atoms with van der Waals surface area (Å²) in [6.07, 6.45) is 1.54. The average Bonchev–Trinajstić information content (AvgIpc) is 2.38. The standard InChI is InChI=1S/C13H8FN3O/c14-10-6-2-1-4-8(10)11-9-5-3-7-15-12(9)17-13(18)16-11/h1-7H,(H,15,16,17,18). The van der Waals surface area contributed by atoms with E-state index in [-0.39, 0.29) is 0 Å². The van der Waals surface area contributed by atoms with Gasteiger partial charge in [0.2, 0.25) is 0 Å². The zero-order chi connectivity index (χ0) is 12.5. The lowest BCUT2D eigenvalue weighted by Crippen LogP contribution is -2.12. The average molecular weight is 241 g/mol. The molecule has 5 heteroatoms. The van der Waals surface area contributed by atoms with Gasteiger partial charge in [0.25, 0.3) is 0 Å². The Morgan fingerprint density at radius 1 is 1.11 bits per heavy atom. The molecule has 0 aliphatic carbocycles. The number of nitrogens with one attached hydrogen (secondary N) is 1. The van der Waals surface area contributed by atoms with Crippen LogP contribution in [0.15, 0.2) is 47.4 Å². The van der Waals surface area contributed by atoms with E-state index in [2.05, 4.69) is 15.0 Å². The molecule has 0 saturated heterocycles. The number of H-pyrrole nitrogens is 1. The number of hydrogen-bond acceptors (Lipinski definition) is 3. The number of hydrogen-bond donors (Lipinski definition) is 1. The van der Waals surface area contributed by atoms with Gasteiger partial charge in [0.1, 0.15) is 5.82 Å². The molecule has 2 aromatic heterocycles. The van der Waals surface area contributed by atoms with E-state index in [1.54, 1.807) is 36.5 Å². The number of fused-ring (bicyclic) bond motifs is 1. The van der Waals surface area contributed by atoms with E-state index in [9.17, 15) is 9.18 Å². The third kappa shape index (κ3) is 1.66. The minimum absolute atomic E-state index is 0.305. The lowest BCUT2D eigenvalue weighted by atomic mass is 10.1. The highest BCUT2D eigenvalue weighted by molar-refractivity contribution is 5.89. The Bertz CT molecular complexity index is 782. The fourth-order valence-electron chi connectivity index (χ4n) is 1.86. The van der Waals surface area contributed by atoms with Crippen LogP contribution < -0.4 is 5.69 Å². The summed E-state index contributed by atoms with van der Waals surface area (Å²) in [6, 6.07) is 9.71. The van der Waals surface area contributed by atoms with Crippen molar-refractivity contribution in [3.05, 3.63) is 58.9 Å². The quantitative estimate of drug-likeness (QED) is 0.710. The van der Waals surface area contributed by atoms with Crippen LogP contribution >= 0.6 is 0 Å². The zero-order valence-corrected chi connectivity index (χ0v) is 9.22. The second-order valence-corrected chi connectivity index (χ2v) is 3.77. The molecule has 0 aliphatic rings. The third-order valence-electron chi connectivity index (χ3n) is 2.64. The van der Waals surface area contributed by atoms with Crippen molar-refractivity contribution in [2.45, 2.75) is 0 Å². The first-order chi connectivity index (χ1) is 8.75. The Morgan fingerprint density at radius 2 is 1.94 bits per heavy atom. The van der Waals surface area contributed by atoms with E-state index in [1.165, 1.54) is 6.07 Å². The third-order valence-corrected chi connectivity index (χ3v) is 2.64. The molecular weight excluding hydrogens is 233 g/mol. The second kappa shape index (κ2) is 4.03. The van der Waals surface area contributed by atoms with E-state index in [0.717, 1.165) is 0 Å². The van der Waals surface area contributed by atoms with Gasteiger partial charge >= 0.3 is 5.69 Å². The summed E-state index contributed by atoms with van der Waals surface area (Å²) in [5.41, 5.74) is 0.491. The van der Waals surface area contributed by atoms with E-state index in [1.807, 2.05) is 0 Å². The predicted molar refractivity (Wildman–Crippen MR) is 65.6 cm³/mol. The van der Waals surface area contributed by atoms with Crippen LogP contribution in [0.5, 0.6) is 0 Å². The first kappa shape index (κ1) is 10.6. The fourth-order valence-corrected chi connectivity index (χ4v) is 1.86. The van der Waals surface area contributed by atoms with Crippen molar-refractivity contribution in [1.29, 1.82) is 0 Å². The van der Waals surface area contributed by atoms with Gasteiger partial charge < -0.3 is 4.98 Å². The summed E-state index contributed by atoms with van der Waals surface area (Å²) in [5.74, 6) is -0.399. The van der Waals surface area contributed by atoms with Gasteiger partial charge in [0.15, 0.2) is 5.65 Å². The summed E-state index contributed by atoms with van der Waals surface area (Å²) in [5, 5.41) is 0.613. The topological polar surface area (TPSA) is 58.6 Å². The molecule has 0 unspecified atom stereocenters. The van der Waals surface area contributed by atoms with Crippen molar-refractivity contribution in [2.75, 3.05) is 0 Å². The molecule has 0 saturated carbocycles. The number of rotatable bonds is 1. The van der Waals surface area contributed by atoms with Crippen LogP contribution in [0, 0.1) is 5.82 Å².